The Labute approximate surface area is 367 Å². The molecule has 322 valence electrons. The van der Waals surface area contributed by atoms with Gasteiger partial charge in [-0.2, -0.15) is 0 Å². The average molecular weight is 878 g/mol. The number of unbranched alkanes of at least 4 members (excludes halogenated alkanes) is 5. The minimum absolute atomic E-state index is 0.0368. The summed E-state index contributed by atoms with van der Waals surface area (Å²) in [6.07, 6.45) is 10.1. The van der Waals surface area contributed by atoms with Crippen LogP contribution in [-0.2, 0) is 30.5 Å². The van der Waals surface area contributed by atoms with Gasteiger partial charge in [0.25, 0.3) is 0 Å². The number of halogens is 1. The Hall–Kier alpha value is -5.81. The summed E-state index contributed by atoms with van der Waals surface area (Å²) in [6, 6.07) is 8.22. The molecular weight excluding hydrogens is 830 g/mol. The topological polar surface area (TPSA) is 190 Å². The molecule has 62 heavy (non-hydrogen) atoms. The third kappa shape index (κ3) is 7.58. The van der Waals surface area contributed by atoms with E-state index in [2.05, 4.69) is 53.8 Å². The van der Waals surface area contributed by atoms with Gasteiger partial charge < -0.3 is 14.8 Å². The summed E-state index contributed by atoms with van der Waals surface area (Å²) in [5.41, 5.74) is 3.87. The maximum absolute atomic E-state index is 13.5. The summed E-state index contributed by atoms with van der Waals surface area (Å²) in [6.45, 7) is 8.19. The third-order valence-corrected chi connectivity index (χ3v) is 14.1. The smallest absolute Gasteiger partial charge is 0.249 e. The first kappa shape index (κ1) is 41.5. The number of aryl methyl sites for hydroxylation is 3. The Bertz CT molecular complexity index is 2640. The largest absolute Gasteiger partial charge is 0.356 e. The number of nitrogens with zero attached hydrogens (tertiary/aromatic N) is 9. The number of nitrogens with one attached hydrogen (secondary N) is 2. The lowest BCUT2D eigenvalue weighted by molar-refractivity contribution is -0.152. The van der Waals surface area contributed by atoms with E-state index in [-0.39, 0.29) is 49.3 Å². The van der Waals surface area contributed by atoms with Crippen molar-refractivity contribution >= 4 is 75.0 Å². The van der Waals surface area contributed by atoms with E-state index < -0.39 is 23.4 Å². The highest BCUT2D eigenvalue weighted by atomic mass is 35.5. The number of aliphatic imine (C=N–C) groups is 1. The summed E-state index contributed by atoms with van der Waals surface area (Å²) >= 11 is 7.93. The number of carbonyl (C=O) groups excluding carboxylic acids is 5. The van der Waals surface area contributed by atoms with Gasteiger partial charge in [0.1, 0.15) is 40.7 Å². The van der Waals surface area contributed by atoms with Gasteiger partial charge in [0, 0.05) is 66.2 Å². The predicted octanol–water partition coefficient (Wildman–Crippen LogP) is 5.46. The van der Waals surface area contributed by atoms with Crippen LogP contribution in [0, 0.1) is 26.2 Å². The molecule has 4 aromatic heterocycles. The molecule has 5 aromatic rings. The van der Waals surface area contributed by atoms with Gasteiger partial charge in [-0.15, -0.1) is 21.5 Å². The van der Waals surface area contributed by atoms with Gasteiger partial charge in [0.15, 0.2) is 5.82 Å². The number of likely N-dealkylation sites (tertiary alicyclic amines) is 1. The number of rotatable bonds is 14. The zero-order valence-corrected chi connectivity index (χ0v) is 36.5. The third-order valence-electron chi connectivity index (χ3n) is 12.7. The number of carbonyl (C=O) groups is 5. The minimum atomic E-state index is -0.941. The van der Waals surface area contributed by atoms with E-state index in [1.54, 1.807) is 11.3 Å². The van der Waals surface area contributed by atoms with Crippen molar-refractivity contribution in [3.8, 4) is 5.00 Å². The van der Waals surface area contributed by atoms with Crippen molar-refractivity contribution in [2.24, 2.45) is 10.4 Å². The maximum Gasteiger partial charge on any atom is 0.249 e. The van der Waals surface area contributed by atoms with Crippen LogP contribution in [0.25, 0.3) is 16.0 Å². The molecule has 0 radical (unpaired) electrons. The van der Waals surface area contributed by atoms with Crippen molar-refractivity contribution in [1.82, 2.24) is 44.8 Å². The Kier molecular flexibility index (Phi) is 11.3. The first-order valence-electron chi connectivity index (χ1n) is 21.3. The van der Waals surface area contributed by atoms with Crippen molar-refractivity contribution in [1.29, 1.82) is 0 Å². The fourth-order valence-electron chi connectivity index (χ4n) is 9.29. The number of hydrogen-bond acceptors (Lipinski definition) is 12. The van der Waals surface area contributed by atoms with Gasteiger partial charge in [-0.25, -0.2) is 9.97 Å². The Morgan fingerprint density at radius 3 is 2.50 bits per heavy atom. The molecule has 4 aliphatic rings. The molecule has 16 nitrogen and oxygen atoms in total. The number of anilines is 1. The number of thiophene rings is 1. The molecule has 1 unspecified atom stereocenters. The number of imide groups is 2. The van der Waals surface area contributed by atoms with Crippen LogP contribution in [0.3, 0.4) is 0 Å². The van der Waals surface area contributed by atoms with E-state index >= 15 is 0 Å². The number of piperidine rings is 1. The lowest BCUT2D eigenvalue weighted by Gasteiger charge is -2.46. The summed E-state index contributed by atoms with van der Waals surface area (Å²) < 4.78 is 4.19. The predicted molar refractivity (Wildman–Crippen MR) is 233 cm³/mol. The molecule has 1 spiro atoms. The molecule has 5 amide bonds. The highest BCUT2D eigenvalue weighted by Crippen LogP contribution is 2.45. The van der Waals surface area contributed by atoms with Crippen LogP contribution in [0.15, 0.2) is 47.8 Å². The fourth-order valence-corrected chi connectivity index (χ4v) is 10.6. The molecule has 18 heteroatoms. The number of fused-ring (bicyclic) bond motifs is 4. The molecule has 2 atom stereocenters. The number of aromatic nitrogens is 6. The van der Waals surface area contributed by atoms with Crippen molar-refractivity contribution in [3.05, 3.63) is 81.1 Å². The molecule has 0 aliphatic carbocycles. The van der Waals surface area contributed by atoms with E-state index in [9.17, 15) is 24.0 Å². The molecular formula is C44H48ClN11O5S. The van der Waals surface area contributed by atoms with Crippen LogP contribution in [0.2, 0.25) is 5.02 Å². The van der Waals surface area contributed by atoms with Gasteiger partial charge in [-0.1, -0.05) is 49.4 Å². The number of amides is 5. The van der Waals surface area contributed by atoms with Crippen LogP contribution in [0.4, 0.5) is 5.82 Å². The molecule has 3 fully saturated rings. The van der Waals surface area contributed by atoms with Gasteiger partial charge in [0.2, 0.25) is 29.5 Å². The molecule has 4 aliphatic heterocycles. The van der Waals surface area contributed by atoms with E-state index in [1.807, 2.05) is 48.4 Å². The van der Waals surface area contributed by atoms with Gasteiger partial charge in [-0.05, 0) is 63.8 Å². The van der Waals surface area contributed by atoms with E-state index in [1.165, 1.54) is 11.2 Å². The first-order valence-corrected chi connectivity index (χ1v) is 22.5. The van der Waals surface area contributed by atoms with E-state index in [4.69, 9.17) is 16.6 Å². The lowest BCUT2D eigenvalue weighted by atomic mass is 9.78. The average Bonchev–Trinajstić information content (AvgIpc) is 3.95. The Morgan fingerprint density at radius 2 is 1.73 bits per heavy atom. The molecule has 8 heterocycles. The monoisotopic (exact) mass is 877 g/mol. The van der Waals surface area contributed by atoms with Gasteiger partial charge in [-0.3, -0.25) is 43.7 Å². The SMILES string of the molecule is Cc1sc2c(c1C)C(c1ccc(Cl)cc1)=N[C@@H](CC(=O)NCCCCCCCCn1ccc3c(N4CC5(CC(=O)N(C6CCC(=O)NC6=O)C5=O)C4)ncnc31)c1nnc(C)n1-2. The fraction of sp³-hybridized carbons (Fsp3) is 0.455. The summed E-state index contributed by atoms with van der Waals surface area (Å²) in [5, 5.41) is 16.8. The van der Waals surface area contributed by atoms with Crippen LogP contribution in [-0.4, -0.2) is 95.1 Å². The minimum Gasteiger partial charge on any atom is -0.356 e. The van der Waals surface area contributed by atoms with Crippen molar-refractivity contribution in [2.75, 3.05) is 24.5 Å². The molecule has 9 rings (SSSR count). The maximum atomic E-state index is 13.5. The quantitative estimate of drug-likeness (QED) is 0.107. The van der Waals surface area contributed by atoms with Gasteiger partial charge in [0.05, 0.1) is 22.9 Å². The highest BCUT2D eigenvalue weighted by Gasteiger charge is 2.61. The van der Waals surface area contributed by atoms with Crippen molar-refractivity contribution in [3.63, 3.8) is 0 Å². The second-order valence-electron chi connectivity index (χ2n) is 16.9. The van der Waals surface area contributed by atoms with Crippen LogP contribution in [0.1, 0.15) is 103 Å². The molecule has 1 aromatic carbocycles. The number of hydrogen-bond donors (Lipinski definition) is 2. The van der Waals surface area contributed by atoms with Crippen molar-refractivity contribution < 1.29 is 24.0 Å². The van der Waals surface area contributed by atoms with E-state index in [0.29, 0.717) is 30.5 Å². The molecule has 0 saturated carbocycles. The number of benzene rings is 1. The van der Waals surface area contributed by atoms with Crippen molar-refractivity contribution in [2.45, 2.75) is 104 Å². The van der Waals surface area contributed by atoms with Gasteiger partial charge >= 0.3 is 0 Å². The first-order chi connectivity index (χ1) is 29.9. The molecule has 2 N–H and O–H groups in total. The summed E-state index contributed by atoms with van der Waals surface area (Å²) in [5.74, 6) is 0.361. The van der Waals surface area contributed by atoms with Crippen LogP contribution < -0.4 is 15.5 Å². The zero-order valence-electron chi connectivity index (χ0n) is 34.9. The standard InChI is InChI=1S/C44H48ClN11O5S/c1-25-26(2)62-42-36(25)37(28-10-12-29(45)13-11-28)49-31(40-52-51-27(3)55(40)42)20-34(58)46-17-8-6-4-5-7-9-18-53-19-16-30-38(53)47-24-48-39(30)54-22-44(23-54)21-35(59)56(43(44)61)32-14-15-33(57)50-41(32)60/h10-13,16,19,24,31-32H,4-9,14-15,17-18,20-23H2,1-3H3,(H,46,58)(H,50,57,60)/t31-,32?/m0/s1. The molecule has 0 bridgehead atoms. The highest BCUT2D eigenvalue weighted by molar-refractivity contribution is 7.15. The summed E-state index contributed by atoms with van der Waals surface area (Å²) in [4.78, 5) is 82.5. The van der Waals surface area contributed by atoms with Crippen LogP contribution >= 0.6 is 22.9 Å². The Morgan fingerprint density at radius 1 is 0.968 bits per heavy atom. The summed E-state index contributed by atoms with van der Waals surface area (Å²) in [7, 11) is 0. The normalized spacial score (nSPS) is 19.4. The zero-order chi connectivity index (χ0) is 43.3. The lowest BCUT2D eigenvalue weighted by Crippen LogP contribution is -2.62. The second kappa shape index (κ2) is 16.8. The Balaban J connectivity index is 0.729. The van der Waals surface area contributed by atoms with E-state index in [0.717, 1.165) is 100 Å². The molecule has 3 saturated heterocycles. The van der Waals surface area contributed by atoms with Crippen LogP contribution in [0.5, 0.6) is 0 Å². The second-order valence-corrected chi connectivity index (χ2v) is 18.5.